The number of anilines is 3. The number of nitrogens with zero attached hydrogens (tertiary/aromatic N) is 1. The standard InChI is InChI=1S/C20H18BrN3O/c1-13-4-3-5-16(8-13)24-20(25)15-9-18(12-22-11-15)23-17-7-6-14(2)19(21)10-17/h3-12,23H,1-2H3,(H,24,25). The van der Waals surface area contributed by atoms with E-state index in [9.17, 15) is 4.79 Å². The third-order valence-corrected chi connectivity index (χ3v) is 4.59. The number of carbonyl (C=O) groups is 1. The molecule has 126 valence electrons. The molecular formula is C20H18BrN3O. The van der Waals surface area contributed by atoms with E-state index in [1.807, 2.05) is 56.3 Å². The maximum Gasteiger partial charge on any atom is 0.257 e. The highest BCUT2D eigenvalue weighted by Gasteiger charge is 2.08. The van der Waals surface area contributed by atoms with Crippen molar-refractivity contribution in [3.63, 3.8) is 0 Å². The predicted octanol–water partition coefficient (Wildman–Crippen LogP) is 5.46. The first-order chi connectivity index (χ1) is 12.0. The number of hydrogen-bond acceptors (Lipinski definition) is 3. The van der Waals surface area contributed by atoms with Crippen molar-refractivity contribution < 1.29 is 4.79 Å². The summed E-state index contributed by atoms with van der Waals surface area (Å²) in [5.41, 5.74) is 5.21. The van der Waals surface area contributed by atoms with E-state index >= 15 is 0 Å². The molecule has 3 aromatic rings. The van der Waals surface area contributed by atoms with Crippen LogP contribution in [-0.4, -0.2) is 10.9 Å². The van der Waals surface area contributed by atoms with Gasteiger partial charge in [-0.2, -0.15) is 0 Å². The number of rotatable bonds is 4. The largest absolute Gasteiger partial charge is 0.354 e. The quantitative estimate of drug-likeness (QED) is 0.616. The lowest BCUT2D eigenvalue weighted by Gasteiger charge is -2.10. The zero-order valence-electron chi connectivity index (χ0n) is 14.0. The topological polar surface area (TPSA) is 54.0 Å². The SMILES string of the molecule is Cc1cccc(NC(=O)c2cncc(Nc3ccc(C)c(Br)c3)c2)c1. The molecule has 3 rings (SSSR count). The fourth-order valence-corrected chi connectivity index (χ4v) is 2.77. The van der Waals surface area contributed by atoms with Gasteiger partial charge in [-0.1, -0.05) is 34.1 Å². The van der Waals surface area contributed by atoms with Crippen LogP contribution >= 0.6 is 15.9 Å². The average Bonchev–Trinajstić information content (AvgIpc) is 2.58. The van der Waals surface area contributed by atoms with Gasteiger partial charge in [0.2, 0.25) is 0 Å². The van der Waals surface area contributed by atoms with Crippen molar-refractivity contribution in [2.75, 3.05) is 10.6 Å². The molecule has 1 heterocycles. The van der Waals surface area contributed by atoms with E-state index in [-0.39, 0.29) is 5.91 Å². The van der Waals surface area contributed by atoms with E-state index in [1.165, 1.54) is 0 Å². The van der Waals surface area contributed by atoms with Gasteiger partial charge in [0.05, 0.1) is 17.4 Å². The minimum Gasteiger partial charge on any atom is -0.354 e. The minimum atomic E-state index is -0.188. The molecule has 1 amide bonds. The Balaban J connectivity index is 1.76. The summed E-state index contributed by atoms with van der Waals surface area (Å²) in [6.45, 7) is 4.02. The highest BCUT2D eigenvalue weighted by Crippen LogP contribution is 2.24. The Labute approximate surface area is 155 Å². The Bertz CT molecular complexity index is 924. The van der Waals surface area contributed by atoms with Gasteiger partial charge in [-0.25, -0.2) is 0 Å². The number of aromatic nitrogens is 1. The van der Waals surface area contributed by atoms with Crippen LogP contribution in [0.25, 0.3) is 0 Å². The highest BCUT2D eigenvalue weighted by atomic mass is 79.9. The Hall–Kier alpha value is -2.66. The summed E-state index contributed by atoms with van der Waals surface area (Å²) < 4.78 is 1.03. The number of benzene rings is 2. The number of hydrogen-bond donors (Lipinski definition) is 2. The van der Waals surface area contributed by atoms with Gasteiger partial charge in [0, 0.05) is 22.0 Å². The van der Waals surface area contributed by atoms with Crippen LogP contribution in [0.4, 0.5) is 17.1 Å². The molecular weight excluding hydrogens is 378 g/mol. The van der Waals surface area contributed by atoms with Crippen molar-refractivity contribution in [1.29, 1.82) is 0 Å². The molecule has 0 saturated heterocycles. The molecule has 0 saturated carbocycles. The number of pyridine rings is 1. The smallest absolute Gasteiger partial charge is 0.257 e. The zero-order valence-corrected chi connectivity index (χ0v) is 15.6. The maximum atomic E-state index is 12.4. The van der Waals surface area contributed by atoms with Crippen LogP contribution in [0, 0.1) is 13.8 Å². The Kier molecular flexibility index (Phi) is 5.14. The zero-order chi connectivity index (χ0) is 17.8. The van der Waals surface area contributed by atoms with Crippen molar-refractivity contribution in [1.82, 2.24) is 4.98 Å². The summed E-state index contributed by atoms with van der Waals surface area (Å²) >= 11 is 3.52. The van der Waals surface area contributed by atoms with E-state index in [0.717, 1.165) is 32.7 Å². The fraction of sp³-hybridized carbons (Fsp3) is 0.100. The van der Waals surface area contributed by atoms with Crippen molar-refractivity contribution >= 4 is 38.9 Å². The van der Waals surface area contributed by atoms with Gasteiger partial charge in [0.15, 0.2) is 0 Å². The first kappa shape index (κ1) is 17.2. The maximum absolute atomic E-state index is 12.4. The van der Waals surface area contributed by atoms with Gasteiger partial charge in [0.1, 0.15) is 0 Å². The number of halogens is 1. The van der Waals surface area contributed by atoms with E-state index in [0.29, 0.717) is 5.56 Å². The molecule has 0 aliphatic heterocycles. The number of amides is 1. The van der Waals surface area contributed by atoms with E-state index < -0.39 is 0 Å². The third-order valence-electron chi connectivity index (χ3n) is 3.74. The summed E-state index contributed by atoms with van der Waals surface area (Å²) in [6, 6.07) is 15.5. The van der Waals surface area contributed by atoms with Crippen LogP contribution in [-0.2, 0) is 0 Å². The van der Waals surface area contributed by atoms with Gasteiger partial charge in [-0.05, 0) is 55.3 Å². The van der Waals surface area contributed by atoms with E-state index in [4.69, 9.17) is 0 Å². The van der Waals surface area contributed by atoms with Crippen molar-refractivity contribution in [2.24, 2.45) is 0 Å². The second kappa shape index (κ2) is 7.49. The molecule has 1 aromatic heterocycles. The van der Waals surface area contributed by atoms with Crippen molar-refractivity contribution in [3.05, 3.63) is 82.1 Å². The lowest BCUT2D eigenvalue weighted by Crippen LogP contribution is -2.12. The number of carbonyl (C=O) groups excluding carboxylic acids is 1. The van der Waals surface area contributed by atoms with Crippen molar-refractivity contribution in [2.45, 2.75) is 13.8 Å². The molecule has 0 bridgehead atoms. The Morgan fingerprint density at radius 2 is 1.80 bits per heavy atom. The Morgan fingerprint density at radius 1 is 0.960 bits per heavy atom. The molecule has 2 N–H and O–H groups in total. The minimum absolute atomic E-state index is 0.188. The molecule has 4 nitrogen and oxygen atoms in total. The Morgan fingerprint density at radius 3 is 2.56 bits per heavy atom. The summed E-state index contributed by atoms with van der Waals surface area (Å²) in [5.74, 6) is -0.188. The molecule has 0 aliphatic carbocycles. The van der Waals surface area contributed by atoms with Crippen LogP contribution in [0.5, 0.6) is 0 Å². The number of aryl methyl sites for hydroxylation is 2. The first-order valence-electron chi connectivity index (χ1n) is 7.87. The molecule has 25 heavy (non-hydrogen) atoms. The molecule has 0 aliphatic rings. The predicted molar refractivity (Wildman–Crippen MR) is 106 cm³/mol. The van der Waals surface area contributed by atoms with Gasteiger partial charge in [-0.3, -0.25) is 9.78 Å². The average molecular weight is 396 g/mol. The summed E-state index contributed by atoms with van der Waals surface area (Å²) in [4.78, 5) is 16.6. The van der Waals surface area contributed by atoms with Crippen LogP contribution in [0.1, 0.15) is 21.5 Å². The van der Waals surface area contributed by atoms with Crippen LogP contribution in [0.2, 0.25) is 0 Å². The highest BCUT2D eigenvalue weighted by molar-refractivity contribution is 9.10. The summed E-state index contributed by atoms with van der Waals surface area (Å²) in [7, 11) is 0. The molecule has 0 unspecified atom stereocenters. The molecule has 0 fully saturated rings. The fourth-order valence-electron chi connectivity index (χ4n) is 2.40. The molecule has 2 aromatic carbocycles. The summed E-state index contributed by atoms with van der Waals surface area (Å²) in [6.07, 6.45) is 3.25. The normalized spacial score (nSPS) is 10.4. The van der Waals surface area contributed by atoms with Gasteiger partial charge >= 0.3 is 0 Å². The second-order valence-electron chi connectivity index (χ2n) is 5.87. The van der Waals surface area contributed by atoms with Gasteiger partial charge in [0.25, 0.3) is 5.91 Å². The van der Waals surface area contributed by atoms with E-state index in [2.05, 4.69) is 31.5 Å². The molecule has 0 spiro atoms. The number of nitrogens with one attached hydrogen (secondary N) is 2. The molecule has 5 heteroatoms. The summed E-state index contributed by atoms with van der Waals surface area (Å²) in [5, 5.41) is 6.16. The van der Waals surface area contributed by atoms with Crippen molar-refractivity contribution in [3.8, 4) is 0 Å². The first-order valence-corrected chi connectivity index (χ1v) is 8.67. The monoisotopic (exact) mass is 395 g/mol. The third kappa shape index (κ3) is 4.45. The molecule has 0 radical (unpaired) electrons. The lowest BCUT2D eigenvalue weighted by atomic mass is 10.2. The van der Waals surface area contributed by atoms with Gasteiger partial charge < -0.3 is 10.6 Å². The van der Waals surface area contributed by atoms with E-state index in [1.54, 1.807) is 18.5 Å². The van der Waals surface area contributed by atoms with Gasteiger partial charge in [-0.15, -0.1) is 0 Å². The molecule has 0 atom stereocenters. The second-order valence-corrected chi connectivity index (χ2v) is 6.73. The van der Waals surface area contributed by atoms with Crippen LogP contribution in [0.3, 0.4) is 0 Å². The lowest BCUT2D eigenvalue weighted by molar-refractivity contribution is 0.102. The van der Waals surface area contributed by atoms with Crippen LogP contribution < -0.4 is 10.6 Å². The van der Waals surface area contributed by atoms with Crippen LogP contribution in [0.15, 0.2) is 65.4 Å².